The van der Waals surface area contributed by atoms with Crippen molar-refractivity contribution >= 4 is 9.52 Å². The van der Waals surface area contributed by atoms with Crippen LogP contribution in [0.5, 0.6) is 5.75 Å². The third-order valence-electron chi connectivity index (χ3n) is 3.59. The Balaban J connectivity index is 1.95. The Bertz CT molecular complexity index is 558. The van der Waals surface area contributed by atoms with E-state index < -0.39 is 11.6 Å². The molecule has 2 rings (SSSR count). The molecule has 1 unspecified atom stereocenters. The van der Waals surface area contributed by atoms with Crippen molar-refractivity contribution < 1.29 is 18.3 Å². The quantitative estimate of drug-likeness (QED) is 0.543. The van der Waals surface area contributed by atoms with Crippen molar-refractivity contribution in [2.75, 3.05) is 0 Å². The van der Waals surface area contributed by atoms with Gasteiger partial charge in [0.05, 0.1) is 28.1 Å². The summed E-state index contributed by atoms with van der Waals surface area (Å²) < 4.78 is 38.2. The molecule has 0 aliphatic carbocycles. The summed E-state index contributed by atoms with van der Waals surface area (Å²) in [4.78, 5) is 0. The molecule has 0 saturated heterocycles. The van der Waals surface area contributed by atoms with E-state index in [-0.39, 0.29) is 5.75 Å². The van der Waals surface area contributed by atoms with Gasteiger partial charge < -0.3 is 9.47 Å². The van der Waals surface area contributed by atoms with E-state index in [1.807, 2.05) is 6.26 Å². The Morgan fingerprint density at radius 3 is 2.86 bits per heavy atom. The zero-order valence-electron chi connectivity index (χ0n) is 12.7. The van der Waals surface area contributed by atoms with E-state index in [0.717, 1.165) is 31.9 Å². The van der Waals surface area contributed by atoms with E-state index in [1.54, 1.807) is 6.07 Å². The molecule has 0 saturated carbocycles. The first kappa shape index (κ1) is 16.7. The van der Waals surface area contributed by atoms with E-state index in [0.29, 0.717) is 27.2 Å². The highest BCUT2D eigenvalue weighted by molar-refractivity contribution is 6.44. The van der Waals surface area contributed by atoms with Gasteiger partial charge in [-0.3, -0.25) is 0 Å². The molecule has 22 heavy (non-hydrogen) atoms. The molecule has 5 heteroatoms. The average Bonchev–Trinajstić information content (AvgIpc) is 2.53. The maximum Gasteiger partial charge on any atom is 0.201 e. The number of ether oxygens (including phenoxy) is 2. The highest BCUT2D eigenvalue weighted by Gasteiger charge is 2.17. The van der Waals surface area contributed by atoms with Crippen LogP contribution in [-0.2, 0) is 10.8 Å². The van der Waals surface area contributed by atoms with Crippen LogP contribution in [0.4, 0.5) is 8.78 Å². The molecular formula is C17H20F2O2Si. The molecule has 1 aliphatic rings. The van der Waals surface area contributed by atoms with E-state index in [2.05, 4.69) is 13.5 Å². The molecule has 1 aromatic rings. The summed E-state index contributed by atoms with van der Waals surface area (Å²) in [7, 11) is 0.410. The third kappa shape index (κ3) is 4.19. The van der Waals surface area contributed by atoms with Crippen LogP contribution in [0.3, 0.4) is 0 Å². The second-order valence-corrected chi connectivity index (χ2v) is 6.57. The fraction of sp³-hybridized carbons (Fsp3) is 0.412. The van der Waals surface area contributed by atoms with E-state index in [4.69, 9.17) is 9.47 Å². The van der Waals surface area contributed by atoms with Crippen molar-refractivity contribution in [2.24, 2.45) is 0 Å². The van der Waals surface area contributed by atoms with Gasteiger partial charge in [0.1, 0.15) is 0 Å². The molecule has 2 radical (unpaired) electrons. The molecule has 1 aliphatic heterocycles. The minimum absolute atomic E-state index is 0.137. The molecule has 1 aromatic carbocycles. The van der Waals surface area contributed by atoms with Crippen LogP contribution in [0.25, 0.3) is 0 Å². The van der Waals surface area contributed by atoms with Gasteiger partial charge in [0, 0.05) is 0 Å². The molecule has 2 nitrogen and oxygen atoms in total. The van der Waals surface area contributed by atoms with Crippen molar-refractivity contribution in [2.45, 2.75) is 44.8 Å². The minimum Gasteiger partial charge on any atom is -0.499 e. The summed E-state index contributed by atoms with van der Waals surface area (Å²) >= 11 is 0. The van der Waals surface area contributed by atoms with Gasteiger partial charge >= 0.3 is 0 Å². The zero-order chi connectivity index (χ0) is 15.9. The van der Waals surface area contributed by atoms with Crippen LogP contribution in [0.2, 0.25) is 0 Å². The molecule has 0 bridgehead atoms. The number of rotatable bonds is 7. The predicted octanol–water partition coefficient (Wildman–Crippen LogP) is 4.51. The van der Waals surface area contributed by atoms with Gasteiger partial charge in [0.25, 0.3) is 0 Å². The van der Waals surface area contributed by atoms with Gasteiger partial charge in [-0.2, -0.15) is 4.39 Å². The average molecular weight is 322 g/mol. The maximum atomic E-state index is 14.0. The van der Waals surface area contributed by atoms with Crippen molar-refractivity contribution in [3.8, 4) is 5.75 Å². The number of hydrogen-bond donors (Lipinski definition) is 0. The Labute approximate surface area is 132 Å². The van der Waals surface area contributed by atoms with Crippen molar-refractivity contribution in [1.29, 1.82) is 0 Å². The first-order valence-electron chi connectivity index (χ1n) is 7.48. The summed E-state index contributed by atoms with van der Waals surface area (Å²) in [5.41, 5.74) is 0.365. The lowest BCUT2D eigenvalue weighted by molar-refractivity contribution is 0.113. The van der Waals surface area contributed by atoms with Crippen LogP contribution in [-0.4, -0.2) is 15.6 Å². The Hall–Kier alpha value is -1.62. The topological polar surface area (TPSA) is 18.5 Å². The monoisotopic (exact) mass is 322 g/mol. The molecule has 1 atom stereocenters. The van der Waals surface area contributed by atoms with Crippen molar-refractivity contribution in [3.63, 3.8) is 0 Å². The lowest BCUT2D eigenvalue weighted by Crippen LogP contribution is -2.17. The SMILES string of the molecule is C=COc1ccc(C[Si]C2=COC(CCC)CC2)c(F)c1F. The number of halogens is 2. The Morgan fingerprint density at radius 1 is 1.41 bits per heavy atom. The number of benzene rings is 1. The van der Waals surface area contributed by atoms with E-state index >= 15 is 0 Å². The molecule has 0 N–H and O–H groups in total. The molecule has 118 valence electrons. The second-order valence-electron chi connectivity index (χ2n) is 5.22. The first-order valence-corrected chi connectivity index (χ1v) is 8.69. The standard InChI is InChI=1S/C17H20F2O2Si/c1-3-5-13-7-8-14(10-21-13)22-11-12-6-9-15(20-4-2)17(19)16(12)18/h4,6,9-10,13H,2-3,5,7-8,11H2,1H3. The van der Waals surface area contributed by atoms with Gasteiger partial charge in [-0.05, 0) is 36.9 Å². The number of hydrogen-bond acceptors (Lipinski definition) is 2. The van der Waals surface area contributed by atoms with Crippen molar-refractivity contribution in [1.82, 2.24) is 0 Å². The van der Waals surface area contributed by atoms with Gasteiger partial charge in [-0.1, -0.05) is 31.2 Å². The summed E-state index contributed by atoms with van der Waals surface area (Å²) in [6.45, 7) is 5.47. The Morgan fingerprint density at radius 2 is 2.23 bits per heavy atom. The van der Waals surface area contributed by atoms with E-state index in [1.165, 1.54) is 11.3 Å². The molecular weight excluding hydrogens is 302 g/mol. The van der Waals surface area contributed by atoms with Gasteiger partial charge in [0.15, 0.2) is 11.6 Å². The lowest BCUT2D eigenvalue weighted by Gasteiger charge is -2.22. The fourth-order valence-corrected chi connectivity index (χ4v) is 3.55. The Kier molecular flexibility index (Phi) is 6.18. The van der Waals surface area contributed by atoms with Crippen LogP contribution < -0.4 is 4.74 Å². The summed E-state index contributed by atoms with van der Waals surface area (Å²) in [6.07, 6.45) is 7.36. The molecule has 1 heterocycles. The predicted molar refractivity (Wildman–Crippen MR) is 83.7 cm³/mol. The second kappa shape index (κ2) is 8.13. The smallest absolute Gasteiger partial charge is 0.201 e. The summed E-state index contributed by atoms with van der Waals surface area (Å²) in [6, 6.07) is 3.47. The summed E-state index contributed by atoms with van der Waals surface area (Å²) in [5.74, 6) is -1.94. The van der Waals surface area contributed by atoms with Crippen LogP contribution in [0.15, 0.2) is 36.4 Å². The molecule has 0 spiro atoms. The number of allylic oxidation sites excluding steroid dienone is 1. The largest absolute Gasteiger partial charge is 0.499 e. The lowest BCUT2D eigenvalue weighted by atomic mass is 10.1. The van der Waals surface area contributed by atoms with Crippen molar-refractivity contribution in [3.05, 3.63) is 53.6 Å². The third-order valence-corrected chi connectivity index (χ3v) is 4.97. The van der Waals surface area contributed by atoms with Crippen LogP contribution >= 0.6 is 0 Å². The molecule has 0 amide bonds. The first-order chi connectivity index (χ1) is 10.7. The van der Waals surface area contributed by atoms with Crippen LogP contribution in [0, 0.1) is 11.6 Å². The normalized spacial score (nSPS) is 17.6. The van der Waals surface area contributed by atoms with Gasteiger partial charge in [-0.25, -0.2) is 4.39 Å². The minimum atomic E-state index is -0.959. The highest BCUT2D eigenvalue weighted by Crippen LogP contribution is 2.25. The van der Waals surface area contributed by atoms with Crippen LogP contribution in [0.1, 0.15) is 38.2 Å². The molecule has 0 fully saturated rings. The van der Waals surface area contributed by atoms with E-state index in [9.17, 15) is 8.78 Å². The maximum absolute atomic E-state index is 14.0. The van der Waals surface area contributed by atoms with Gasteiger partial charge in [-0.15, -0.1) is 0 Å². The fourth-order valence-electron chi connectivity index (χ4n) is 2.38. The highest BCUT2D eigenvalue weighted by atomic mass is 28.2. The zero-order valence-corrected chi connectivity index (χ0v) is 13.7. The summed E-state index contributed by atoms with van der Waals surface area (Å²) in [5, 5.41) is 1.18. The van der Waals surface area contributed by atoms with Gasteiger partial charge in [0.2, 0.25) is 5.82 Å². The molecule has 0 aromatic heterocycles.